The minimum atomic E-state index is -0.135. The Morgan fingerprint density at radius 3 is 2.37 bits per heavy atom. The van der Waals surface area contributed by atoms with Crippen molar-refractivity contribution in [3.8, 4) is 0 Å². The maximum absolute atomic E-state index is 12.3. The van der Waals surface area contributed by atoms with Gasteiger partial charge in [0.1, 0.15) is 0 Å². The minimum Gasteiger partial charge on any atom is -0.384 e. The Morgan fingerprint density at radius 2 is 1.79 bits per heavy atom. The van der Waals surface area contributed by atoms with Crippen LogP contribution in [0.3, 0.4) is 0 Å². The Kier molecular flexibility index (Phi) is 3.11. The van der Waals surface area contributed by atoms with Crippen molar-refractivity contribution >= 4 is 11.8 Å². The quantitative estimate of drug-likeness (QED) is 0.781. The minimum absolute atomic E-state index is 0.0348. The third-order valence-corrected chi connectivity index (χ3v) is 4.11. The highest BCUT2D eigenvalue weighted by molar-refractivity contribution is 6.21. The van der Waals surface area contributed by atoms with Crippen molar-refractivity contribution in [1.29, 1.82) is 0 Å². The molecule has 0 N–H and O–H groups in total. The Bertz CT molecular complexity index is 491. The van der Waals surface area contributed by atoms with Gasteiger partial charge in [0.25, 0.3) is 11.8 Å². The SMILES string of the molecule is COCC1CCC(N2C(=O)c3ccccc3C2=O)C1. The maximum Gasteiger partial charge on any atom is 0.261 e. The second-order valence-corrected chi connectivity index (χ2v) is 5.31. The molecule has 0 bridgehead atoms. The van der Waals surface area contributed by atoms with Crippen molar-refractivity contribution in [2.24, 2.45) is 5.92 Å². The summed E-state index contributed by atoms with van der Waals surface area (Å²) in [5.74, 6) is 0.187. The van der Waals surface area contributed by atoms with Crippen molar-refractivity contribution in [3.63, 3.8) is 0 Å². The molecule has 2 amide bonds. The molecule has 3 rings (SSSR count). The second kappa shape index (κ2) is 4.78. The van der Waals surface area contributed by atoms with E-state index in [0.29, 0.717) is 23.7 Å². The Balaban J connectivity index is 1.81. The van der Waals surface area contributed by atoms with Crippen LogP contribution in [-0.4, -0.2) is 36.5 Å². The Hall–Kier alpha value is -1.68. The molecule has 2 aliphatic rings. The number of hydrogen-bond donors (Lipinski definition) is 0. The number of carbonyl (C=O) groups is 2. The summed E-state index contributed by atoms with van der Waals surface area (Å²) in [5.41, 5.74) is 1.09. The predicted molar refractivity (Wildman–Crippen MR) is 69.9 cm³/mol. The lowest BCUT2D eigenvalue weighted by molar-refractivity contribution is 0.0579. The van der Waals surface area contributed by atoms with Crippen LogP contribution in [0.1, 0.15) is 40.0 Å². The third-order valence-electron chi connectivity index (χ3n) is 4.11. The zero-order valence-corrected chi connectivity index (χ0v) is 11.0. The number of carbonyl (C=O) groups excluding carboxylic acids is 2. The summed E-state index contributed by atoms with van der Waals surface area (Å²) in [4.78, 5) is 26.1. The fourth-order valence-electron chi connectivity index (χ4n) is 3.21. The number of amides is 2. The number of hydrogen-bond acceptors (Lipinski definition) is 3. The van der Waals surface area contributed by atoms with Gasteiger partial charge in [-0.1, -0.05) is 12.1 Å². The average Bonchev–Trinajstić information content (AvgIpc) is 2.96. The molecule has 1 saturated carbocycles. The number of methoxy groups -OCH3 is 1. The molecular weight excluding hydrogens is 242 g/mol. The van der Waals surface area contributed by atoms with Crippen LogP contribution < -0.4 is 0 Å². The van der Waals surface area contributed by atoms with E-state index >= 15 is 0 Å². The number of nitrogens with zero attached hydrogens (tertiary/aromatic N) is 1. The maximum atomic E-state index is 12.3. The van der Waals surface area contributed by atoms with E-state index in [4.69, 9.17) is 4.74 Å². The van der Waals surface area contributed by atoms with Gasteiger partial charge in [-0.3, -0.25) is 14.5 Å². The lowest BCUT2D eigenvalue weighted by atomic mass is 10.1. The van der Waals surface area contributed by atoms with Crippen molar-refractivity contribution in [3.05, 3.63) is 35.4 Å². The van der Waals surface area contributed by atoms with Crippen LogP contribution >= 0.6 is 0 Å². The Morgan fingerprint density at radius 1 is 1.16 bits per heavy atom. The molecule has 1 aliphatic heterocycles. The second-order valence-electron chi connectivity index (χ2n) is 5.31. The van der Waals surface area contributed by atoms with Crippen LogP contribution in [0.15, 0.2) is 24.3 Å². The monoisotopic (exact) mass is 259 g/mol. The van der Waals surface area contributed by atoms with E-state index in [0.717, 1.165) is 19.3 Å². The number of ether oxygens (including phenoxy) is 1. The van der Waals surface area contributed by atoms with E-state index in [-0.39, 0.29) is 17.9 Å². The fraction of sp³-hybridized carbons (Fsp3) is 0.467. The first-order valence-corrected chi connectivity index (χ1v) is 6.68. The first kappa shape index (κ1) is 12.4. The highest BCUT2D eigenvalue weighted by atomic mass is 16.5. The summed E-state index contributed by atoms with van der Waals surface area (Å²) in [5, 5.41) is 0. The molecule has 4 heteroatoms. The molecule has 2 unspecified atom stereocenters. The zero-order chi connectivity index (χ0) is 13.4. The van der Waals surface area contributed by atoms with Crippen LogP contribution in [0.5, 0.6) is 0 Å². The molecule has 0 spiro atoms. The lowest BCUT2D eigenvalue weighted by Gasteiger charge is -2.22. The van der Waals surface area contributed by atoms with Gasteiger partial charge in [0.05, 0.1) is 11.1 Å². The van der Waals surface area contributed by atoms with E-state index < -0.39 is 0 Å². The fourth-order valence-corrected chi connectivity index (χ4v) is 3.21. The van der Waals surface area contributed by atoms with Gasteiger partial charge < -0.3 is 4.74 Å². The van der Waals surface area contributed by atoms with Gasteiger partial charge in [-0.25, -0.2) is 0 Å². The highest BCUT2D eigenvalue weighted by Gasteiger charge is 2.42. The molecule has 100 valence electrons. The summed E-state index contributed by atoms with van der Waals surface area (Å²) in [7, 11) is 1.69. The third kappa shape index (κ3) is 1.96. The smallest absolute Gasteiger partial charge is 0.261 e. The average molecular weight is 259 g/mol. The van der Waals surface area contributed by atoms with Gasteiger partial charge >= 0.3 is 0 Å². The molecule has 19 heavy (non-hydrogen) atoms. The van der Waals surface area contributed by atoms with E-state index in [1.54, 1.807) is 31.4 Å². The number of rotatable bonds is 3. The summed E-state index contributed by atoms with van der Waals surface area (Å²) >= 11 is 0. The predicted octanol–water partition coefficient (Wildman–Crippen LogP) is 2.10. The van der Waals surface area contributed by atoms with Crippen LogP contribution in [0.4, 0.5) is 0 Å². The molecule has 1 aromatic carbocycles. The normalized spacial score (nSPS) is 26.1. The van der Waals surface area contributed by atoms with Crippen LogP contribution in [0, 0.1) is 5.92 Å². The molecule has 1 fully saturated rings. The summed E-state index contributed by atoms with van der Waals surface area (Å²) in [6, 6.07) is 7.10. The van der Waals surface area contributed by atoms with E-state index in [1.807, 2.05) is 0 Å². The number of benzene rings is 1. The Labute approximate surface area is 112 Å². The number of imide groups is 1. The number of fused-ring (bicyclic) bond motifs is 1. The topological polar surface area (TPSA) is 46.6 Å². The van der Waals surface area contributed by atoms with Gasteiger partial charge in [-0.15, -0.1) is 0 Å². The van der Waals surface area contributed by atoms with E-state index in [1.165, 1.54) is 4.90 Å². The molecule has 2 atom stereocenters. The first-order chi connectivity index (χ1) is 9.22. The van der Waals surface area contributed by atoms with Gasteiger partial charge in [-0.2, -0.15) is 0 Å². The molecular formula is C15H17NO3. The van der Waals surface area contributed by atoms with Gasteiger partial charge in [-0.05, 0) is 37.3 Å². The zero-order valence-electron chi connectivity index (χ0n) is 11.0. The highest BCUT2D eigenvalue weighted by Crippen LogP contribution is 2.34. The summed E-state index contributed by atoms with van der Waals surface area (Å²) < 4.78 is 5.16. The van der Waals surface area contributed by atoms with Crippen LogP contribution in [-0.2, 0) is 4.74 Å². The van der Waals surface area contributed by atoms with Gasteiger partial charge in [0.2, 0.25) is 0 Å². The molecule has 1 aliphatic carbocycles. The van der Waals surface area contributed by atoms with Crippen molar-refractivity contribution in [2.45, 2.75) is 25.3 Å². The standard InChI is InChI=1S/C15H17NO3/c1-19-9-10-6-7-11(8-10)16-14(17)12-4-2-3-5-13(12)15(16)18/h2-5,10-11H,6-9H2,1H3. The van der Waals surface area contributed by atoms with Crippen LogP contribution in [0.2, 0.25) is 0 Å². The molecule has 0 radical (unpaired) electrons. The largest absolute Gasteiger partial charge is 0.384 e. The van der Waals surface area contributed by atoms with Crippen molar-refractivity contribution < 1.29 is 14.3 Å². The van der Waals surface area contributed by atoms with Gasteiger partial charge in [0.15, 0.2) is 0 Å². The first-order valence-electron chi connectivity index (χ1n) is 6.68. The molecule has 4 nitrogen and oxygen atoms in total. The van der Waals surface area contributed by atoms with Crippen molar-refractivity contribution in [1.82, 2.24) is 4.90 Å². The molecule has 1 aromatic rings. The molecule has 0 aromatic heterocycles. The summed E-state index contributed by atoms with van der Waals surface area (Å²) in [6.07, 6.45) is 2.77. The molecule has 1 heterocycles. The van der Waals surface area contributed by atoms with Crippen molar-refractivity contribution in [2.75, 3.05) is 13.7 Å². The van der Waals surface area contributed by atoms with E-state index in [2.05, 4.69) is 0 Å². The van der Waals surface area contributed by atoms with Gasteiger partial charge in [0, 0.05) is 19.8 Å². The van der Waals surface area contributed by atoms with E-state index in [9.17, 15) is 9.59 Å². The lowest BCUT2D eigenvalue weighted by Crippen LogP contribution is -2.38. The summed E-state index contributed by atoms with van der Waals surface area (Å²) in [6.45, 7) is 0.708. The van der Waals surface area contributed by atoms with Crippen LogP contribution in [0.25, 0.3) is 0 Å². The molecule has 0 saturated heterocycles.